The van der Waals surface area contributed by atoms with Crippen molar-refractivity contribution in [3.05, 3.63) is 29.8 Å². The summed E-state index contributed by atoms with van der Waals surface area (Å²) in [7, 11) is 2.01. The molecule has 4 heteroatoms. The van der Waals surface area contributed by atoms with Crippen molar-refractivity contribution in [2.75, 3.05) is 20.1 Å². The molecule has 0 aromatic heterocycles. The minimum atomic E-state index is -0.631. The average Bonchev–Trinajstić information content (AvgIpc) is 2.22. The molecule has 0 spiro atoms. The van der Waals surface area contributed by atoms with E-state index in [1.54, 1.807) is 0 Å². The zero-order valence-electron chi connectivity index (χ0n) is 9.25. The van der Waals surface area contributed by atoms with Crippen LogP contribution < -0.4 is 4.74 Å². The number of hydrogen-bond donors (Lipinski definition) is 0. The van der Waals surface area contributed by atoms with Crippen molar-refractivity contribution >= 4 is 0 Å². The third kappa shape index (κ3) is 2.70. The van der Waals surface area contributed by atoms with Crippen LogP contribution in [0, 0.1) is 11.6 Å². The molecular formula is C12H15F2NO. The monoisotopic (exact) mass is 227 g/mol. The van der Waals surface area contributed by atoms with Gasteiger partial charge < -0.3 is 9.64 Å². The lowest BCUT2D eigenvalue weighted by atomic mass is 10.1. The molecular weight excluding hydrogens is 212 g/mol. The highest BCUT2D eigenvalue weighted by molar-refractivity contribution is 5.25. The maximum absolute atomic E-state index is 13.3. The highest BCUT2D eigenvalue weighted by atomic mass is 19.1. The number of rotatable bonds is 2. The first kappa shape index (κ1) is 11.3. The molecule has 16 heavy (non-hydrogen) atoms. The molecule has 1 aromatic carbocycles. The normalized spacial score (nSPS) is 22.1. The molecule has 88 valence electrons. The van der Waals surface area contributed by atoms with E-state index in [4.69, 9.17) is 4.74 Å². The Hall–Kier alpha value is -1.16. The summed E-state index contributed by atoms with van der Waals surface area (Å²) in [5, 5.41) is 0. The van der Waals surface area contributed by atoms with E-state index in [0.29, 0.717) is 0 Å². The van der Waals surface area contributed by atoms with Crippen LogP contribution in [0.1, 0.15) is 12.8 Å². The molecule has 1 heterocycles. The van der Waals surface area contributed by atoms with Crippen molar-refractivity contribution in [3.8, 4) is 5.75 Å². The lowest BCUT2D eigenvalue weighted by Crippen LogP contribution is -2.38. The van der Waals surface area contributed by atoms with Gasteiger partial charge in [0.05, 0.1) is 0 Å². The molecule has 0 N–H and O–H groups in total. The van der Waals surface area contributed by atoms with E-state index in [-0.39, 0.29) is 11.9 Å². The topological polar surface area (TPSA) is 12.5 Å². The molecule has 2 nitrogen and oxygen atoms in total. The van der Waals surface area contributed by atoms with E-state index in [2.05, 4.69) is 4.90 Å². The van der Waals surface area contributed by atoms with Gasteiger partial charge in [0.1, 0.15) is 11.9 Å². The van der Waals surface area contributed by atoms with Crippen LogP contribution in [0.15, 0.2) is 18.2 Å². The zero-order chi connectivity index (χ0) is 11.5. The smallest absolute Gasteiger partial charge is 0.167 e. The van der Waals surface area contributed by atoms with E-state index >= 15 is 0 Å². The average molecular weight is 227 g/mol. The number of likely N-dealkylation sites (N-methyl/N-ethyl adjacent to an activating group) is 1. The Bertz CT molecular complexity index is 370. The summed E-state index contributed by atoms with van der Waals surface area (Å²) in [6.07, 6.45) is 1.96. The molecule has 0 amide bonds. The highest BCUT2D eigenvalue weighted by Crippen LogP contribution is 2.21. The fraction of sp³-hybridized carbons (Fsp3) is 0.500. The Morgan fingerprint density at radius 2 is 2.19 bits per heavy atom. The van der Waals surface area contributed by atoms with Gasteiger partial charge in [-0.2, -0.15) is 0 Å². The van der Waals surface area contributed by atoms with Crippen LogP contribution >= 0.6 is 0 Å². The predicted octanol–water partition coefficient (Wildman–Crippen LogP) is 2.44. The largest absolute Gasteiger partial charge is 0.486 e. The van der Waals surface area contributed by atoms with Crippen LogP contribution in [0.4, 0.5) is 8.78 Å². The van der Waals surface area contributed by atoms with Gasteiger partial charge in [0.15, 0.2) is 11.6 Å². The van der Waals surface area contributed by atoms with E-state index in [1.807, 2.05) is 7.05 Å². The number of nitrogens with zero attached hydrogens (tertiary/aromatic N) is 1. The fourth-order valence-corrected chi connectivity index (χ4v) is 1.97. The number of likely N-dealkylation sites (tertiary alicyclic amines) is 1. The minimum Gasteiger partial charge on any atom is -0.486 e. The number of benzene rings is 1. The van der Waals surface area contributed by atoms with Gasteiger partial charge in [0, 0.05) is 12.6 Å². The van der Waals surface area contributed by atoms with E-state index in [9.17, 15) is 8.78 Å². The van der Waals surface area contributed by atoms with Gasteiger partial charge in [0.25, 0.3) is 0 Å². The molecule has 1 unspecified atom stereocenters. The van der Waals surface area contributed by atoms with Crippen molar-refractivity contribution in [2.24, 2.45) is 0 Å². The standard InChI is InChI=1S/C12H15F2NO/c1-15-6-2-3-10(8-15)16-12-5-4-9(13)7-11(12)14/h4-5,7,10H,2-3,6,8H2,1H3. The summed E-state index contributed by atoms with van der Waals surface area (Å²) in [5.74, 6) is -1.07. The molecule has 1 aromatic rings. The van der Waals surface area contributed by atoms with E-state index in [0.717, 1.165) is 32.0 Å². The summed E-state index contributed by atoms with van der Waals surface area (Å²) < 4.78 is 31.5. The Morgan fingerprint density at radius 1 is 1.38 bits per heavy atom. The molecule has 2 rings (SSSR count). The third-order valence-corrected chi connectivity index (χ3v) is 2.77. The van der Waals surface area contributed by atoms with Crippen molar-refractivity contribution in [1.29, 1.82) is 0 Å². The van der Waals surface area contributed by atoms with Gasteiger partial charge in [-0.15, -0.1) is 0 Å². The first-order valence-electron chi connectivity index (χ1n) is 5.45. The summed E-state index contributed by atoms with van der Waals surface area (Å²) in [6, 6.07) is 3.41. The number of piperidine rings is 1. The highest BCUT2D eigenvalue weighted by Gasteiger charge is 2.19. The Balaban J connectivity index is 2.02. The molecule has 0 bridgehead atoms. The second kappa shape index (κ2) is 4.78. The van der Waals surface area contributed by atoms with Crippen LogP contribution in [0.3, 0.4) is 0 Å². The summed E-state index contributed by atoms with van der Waals surface area (Å²) >= 11 is 0. The van der Waals surface area contributed by atoms with Gasteiger partial charge in [0.2, 0.25) is 0 Å². The van der Waals surface area contributed by atoms with Crippen molar-refractivity contribution in [1.82, 2.24) is 4.90 Å². The first-order chi connectivity index (χ1) is 7.65. The van der Waals surface area contributed by atoms with E-state index in [1.165, 1.54) is 12.1 Å². The Kier molecular flexibility index (Phi) is 3.39. The molecule has 0 saturated carbocycles. The number of ether oxygens (including phenoxy) is 1. The molecule has 0 aliphatic carbocycles. The second-order valence-corrected chi connectivity index (χ2v) is 4.22. The quantitative estimate of drug-likeness (QED) is 0.769. The molecule has 1 atom stereocenters. The molecule has 1 aliphatic heterocycles. The van der Waals surface area contributed by atoms with Crippen LogP contribution in [-0.2, 0) is 0 Å². The Morgan fingerprint density at radius 3 is 2.88 bits per heavy atom. The number of halogens is 2. The van der Waals surface area contributed by atoms with Crippen LogP contribution in [0.5, 0.6) is 5.75 Å². The maximum atomic E-state index is 13.3. The summed E-state index contributed by atoms with van der Waals surface area (Å²) in [6.45, 7) is 1.84. The summed E-state index contributed by atoms with van der Waals surface area (Å²) in [4.78, 5) is 2.15. The van der Waals surface area contributed by atoms with Crippen molar-refractivity contribution < 1.29 is 13.5 Å². The lowest BCUT2D eigenvalue weighted by Gasteiger charge is -2.30. The fourth-order valence-electron chi connectivity index (χ4n) is 1.97. The van der Waals surface area contributed by atoms with Gasteiger partial charge in [-0.3, -0.25) is 0 Å². The van der Waals surface area contributed by atoms with Crippen molar-refractivity contribution in [3.63, 3.8) is 0 Å². The van der Waals surface area contributed by atoms with E-state index < -0.39 is 11.6 Å². The van der Waals surface area contributed by atoms with Gasteiger partial charge >= 0.3 is 0 Å². The van der Waals surface area contributed by atoms with Gasteiger partial charge in [-0.25, -0.2) is 8.78 Å². The Labute approximate surface area is 93.8 Å². The SMILES string of the molecule is CN1CCCC(Oc2ccc(F)cc2F)C1. The minimum absolute atomic E-state index is 0.00119. The van der Waals surface area contributed by atoms with Crippen LogP contribution in [0.25, 0.3) is 0 Å². The van der Waals surface area contributed by atoms with Crippen molar-refractivity contribution in [2.45, 2.75) is 18.9 Å². The molecule has 1 fully saturated rings. The molecule has 1 aliphatic rings. The van der Waals surface area contributed by atoms with Crippen LogP contribution in [-0.4, -0.2) is 31.1 Å². The third-order valence-electron chi connectivity index (χ3n) is 2.77. The maximum Gasteiger partial charge on any atom is 0.167 e. The summed E-state index contributed by atoms with van der Waals surface area (Å²) in [5.41, 5.74) is 0. The van der Waals surface area contributed by atoms with Gasteiger partial charge in [-0.05, 0) is 38.6 Å². The number of hydrogen-bond acceptors (Lipinski definition) is 2. The first-order valence-corrected chi connectivity index (χ1v) is 5.45. The molecule has 0 radical (unpaired) electrons. The second-order valence-electron chi connectivity index (χ2n) is 4.22. The predicted molar refractivity (Wildman–Crippen MR) is 57.5 cm³/mol. The zero-order valence-corrected chi connectivity index (χ0v) is 9.25. The van der Waals surface area contributed by atoms with Gasteiger partial charge in [-0.1, -0.05) is 0 Å². The lowest BCUT2D eigenvalue weighted by molar-refractivity contribution is 0.100. The van der Waals surface area contributed by atoms with Crippen LogP contribution in [0.2, 0.25) is 0 Å². The molecule has 1 saturated heterocycles.